The molecule has 1 saturated heterocycles. The maximum absolute atomic E-state index is 12.8. The third-order valence-electron chi connectivity index (χ3n) is 3.99. The molecule has 1 aliphatic heterocycles. The van der Waals surface area contributed by atoms with Gasteiger partial charge in [-0.2, -0.15) is 0 Å². The summed E-state index contributed by atoms with van der Waals surface area (Å²) in [7, 11) is 0. The zero-order valence-corrected chi connectivity index (χ0v) is 15.0. The Morgan fingerprint density at radius 3 is 2.65 bits per heavy atom. The number of benzene rings is 1. The summed E-state index contributed by atoms with van der Waals surface area (Å²) in [5, 5.41) is 11.7. The molecule has 1 N–H and O–H groups in total. The van der Waals surface area contributed by atoms with Crippen molar-refractivity contribution in [1.82, 2.24) is 25.2 Å². The first-order valence-corrected chi connectivity index (χ1v) is 8.48. The highest BCUT2D eigenvalue weighted by molar-refractivity contribution is 9.10. The van der Waals surface area contributed by atoms with Crippen molar-refractivity contribution in [1.29, 1.82) is 0 Å². The van der Waals surface area contributed by atoms with E-state index in [-0.39, 0.29) is 18.0 Å². The number of hydrogen-bond donors (Lipinski definition) is 1. The smallest absolute Gasteiger partial charge is 0.276 e. The average Bonchev–Trinajstić information content (AvgIpc) is 2.87. The van der Waals surface area contributed by atoms with Crippen LogP contribution in [-0.4, -0.2) is 51.0 Å². The van der Waals surface area contributed by atoms with E-state index in [1.54, 1.807) is 4.68 Å². The molecule has 0 spiro atoms. The molecule has 1 aromatic heterocycles. The van der Waals surface area contributed by atoms with Crippen LogP contribution >= 0.6 is 15.9 Å². The number of aromatic nitrogens is 3. The molecule has 6 nitrogen and oxygen atoms in total. The lowest BCUT2D eigenvalue weighted by Crippen LogP contribution is -2.56. The van der Waals surface area contributed by atoms with Gasteiger partial charge in [-0.25, -0.2) is 4.68 Å². The fraction of sp³-hybridized carbons (Fsp3) is 0.438. The van der Waals surface area contributed by atoms with Crippen LogP contribution in [0.25, 0.3) is 5.69 Å². The molecule has 2 atom stereocenters. The summed E-state index contributed by atoms with van der Waals surface area (Å²) in [5.41, 5.74) is 2.06. The molecule has 0 aliphatic carbocycles. The van der Waals surface area contributed by atoms with E-state index in [1.807, 2.05) is 36.1 Å². The monoisotopic (exact) mass is 377 g/mol. The van der Waals surface area contributed by atoms with Crippen LogP contribution < -0.4 is 5.32 Å². The lowest BCUT2D eigenvalue weighted by Gasteiger charge is -2.35. The Kier molecular flexibility index (Phi) is 4.50. The van der Waals surface area contributed by atoms with Gasteiger partial charge in [-0.15, -0.1) is 5.10 Å². The molecule has 2 heterocycles. The van der Waals surface area contributed by atoms with Crippen molar-refractivity contribution in [3.63, 3.8) is 0 Å². The van der Waals surface area contributed by atoms with E-state index < -0.39 is 0 Å². The topological polar surface area (TPSA) is 63.1 Å². The van der Waals surface area contributed by atoms with Gasteiger partial charge in [0.1, 0.15) is 0 Å². The number of nitrogens with one attached hydrogen (secondary N) is 1. The van der Waals surface area contributed by atoms with Crippen LogP contribution in [0, 0.1) is 6.92 Å². The van der Waals surface area contributed by atoms with Gasteiger partial charge in [0.15, 0.2) is 5.69 Å². The molecule has 1 amide bonds. The summed E-state index contributed by atoms with van der Waals surface area (Å²) in [6.07, 6.45) is 0. The van der Waals surface area contributed by atoms with Gasteiger partial charge < -0.3 is 10.2 Å². The Morgan fingerprint density at radius 2 is 2.00 bits per heavy atom. The number of halogens is 1. The fourth-order valence-corrected chi connectivity index (χ4v) is 3.41. The van der Waals surface area contributed by atoms with Crippen LogP contribution in [0.5, 0.6) is 0 Å². The summed E-state index contributed by atoms with van der Waals surface area (Å²) in [5.74, 6) is -0.0519. The maximum Gasteiger partial charge on any atom is 0.276 e. The molecule has 23 heavy (non-hydrogen) atoms. The number of piperazine rings is 1. The molecule has 1 aromatic carbocycles. The Bertz CT molecular complexity index is 719. The zero-order chi connectivity index (χ0) is 16.6. The van der Waals surface area contributed by atoms with Gasteiger partial charge in [0.2, 0.25) is 0 Å². The lowest BCUT2D eigenvalue weighted by atomic mass is 10.1. The van der Waals surface area contributed by atoms with Crippen LogP contribution in [0.3, 0.4) is 0 Å². The predicted octanol–water partition coefficient (Wildman–Crippen LogP) is 2.16. The van der Waals surface area contributed by atoms with Crippen LogP contribution in [0.2, 0.25) is 0 Å². The van der Waals surface area contributed by atoms with Gasteiger partial charge >= 0.3 is 0 Å². The minimum absolute atomic E-state index is 0.0519. The third-order valence-corrected chi connectivity index (χ3v) is 4.49. The maximum atomic E-state index is 12.8. The molecular weight excluding hydrogens is 358 g/mol. The number of amides is 1. The van der Waals surface area contributed by atoms with Gasteiger partial charge in [-0.3, -0.25) is 4.79 Å². The van der Waals surface area contributed by atoms with Crippen molar-refractivity contribution in [3.05, 3.63) is 40.1 Å². The van der Waals surface area contributed by atoms with Crippen molar-refractivity contribution >= 4 is 21.8 Å². The van der Waals surface area contributed by atoms with Crippen molar-refractivity contribution in [2.24, 2.45) is 0 Å². The number of hydrogen-bond acceptors (Lipinski definition) is 4. The fourth-order valence-electron chi connectivity index (χ4n) is 3.02. The Morgan fingerprint density at radius 1 is 1.30 bits per heavy atom. The first-order valence-electron chi connectivity index (χ1n) is 7.69. The molecular formula is C16H20BrN5O. The van der Waals surface area contributed by atoms with Gasteiger partial charge in [0.05, 0.1) is 11.4 Å². The highest BCUT2D eigenvalue weighted by Gasteiger charge is 2.28. The second-order valence-corrected chi connectivity index (χ2v) is 7.01. The van der Waals surface area contributed by atoms with Crippen LogP contribution in [-0.2, 0) is 0 Å². The summed E-state index contributed by atoms with van der Waals surface area (Å²) in [6.45, 7) is 7.42. The second kappa shape index (κ2) is 6.41. The van der Waals surface area contributed by atoms with Gasteiger partial charge in [-0.1, -0.05) is 27.2 Å². The van der Waals surface area contributed by atoms with Crippen LogP contribution in [0.15, 0.2) is 28.7 Å². The molecule has 0 unspecified atom stereocenters. The van der Waals surface area contributed by atoms with Crippen molar-refractivity contribution < 1.29 is 4.79 Å². The quantitative estimate of drug-likeness (QED) is 0.870. The molecule has 7 heteroatoms. The van der Waals surface area contributed by atoms with Crippen molar-refractivity contribution in [2.45, 2.75) is 32.9 Å². The SMILES string of the molecule is Cc1c(C(=O)N2C[C@@H](C)N[C@H](C)C2)nnn1-c1cccc(Br)c1. The van der Waals surface area contributed by atoms with E-state index in [0.717, 1.165) is 15.9 Å². The molecule has 1 aliphatic rings. The Hall–Kier alpha value is -1.73. The van der Waals surface area contributed by atoms with E-state index in [9.17, 15) is 4.79 Å². The van der Waals surface area contributed by atoms with E-state index >= 15 is 0 Å². The summed E-state index contributed by atoms with van der Waals surface area (Å²) in [6, 6.07) is 8.33. The predicted molar refractivity (Wildman–Crippen MR) is 91.8 cm³/mol. The number of carbonyl (C=O) groups is 1. The van der Waals surface area contributed by atoms with E-state index in [1.165, 1.54) is 0 Å². The van der Waals surface area contributed by atoms with E-state index in [0.29, 0.717) is 18.8 Å². The van der Waals surface area contributed by atoms with Gasteiger partial charge in [0.25, 0.3) is 5.91 Å². The first kappa shape index (κ1) is 16.1. The highest BCUT2D eigenvalue weighted by Crippen LogP contribution is 2.18. The lowest BCUT2D eigenvalue weighted by molar-refractivity contribution is 0.0667. The summed E-state index contributed by atoms with van der Waals surface area (Å²) >= 11 is 3.45. The zero-order valence-electron chi connectivity index (χ0n) is 13.5. The van der Waals surface area contributed by atoms with Crippen LogP contribution in [0.4, 0.5) is 0 Å². The molecule has 122 valence electrons. The van der Waals surface area contributed by atoms with E-state index in [4.69, 9.17) is 0 Å². The number of rotatable bonds is 2. The number of nitrogens with zero attached hydrogens (tertiary/aromatic N) is 4. The third kappa shape index (κ3) is 3.30. The van der Waals surface area contributed by atoms with Gasteiger partial charge in [0, 0.05) is 29.6 Å². The molecule has 0 radical (unpaired) electrons. The van der Waals surface area contributed by atoms with Gasteiger partial charge in [-0.05, 0) is 39.0 Å². The first-order chi connectivity index (χ1) is 11.0. The standard InChI is InChI=1S/C16H20BrN5O/c1-10-8-21(9-11(2)18-10)16(23)15-12(3)22(20-19-15)14-6-4-5-13(17)7-14/h4-7,10-11,18H,8-9H2,1-3H3/t10-,11-/m1/s1. The second-order valence-electron chi connectivity index (χ2n) is 6.09. The summed E-state index contributed by atoms with van der Waals surface area (Å²) < 4.78 is 2.66. The largest absolute Gasteiger partial charge is 0.334 e. The minimum atomic E-state index is -0.0519. The molecule has 0 saturated carbocycles. The summed E-state index contributed by atoms with van der Waals surface area (Å²) in [4.78, 5) is 14.7. The minimum Gasteiger partial charge on any atom is -0.334 e. The average molecular weight is 378 g/mol. The molecule has 1 fully saturated rings. The highest BCUT2D eigenvalue weighted by atomic mass is 79.9. The molecule has 2 aromatic rings. The molecule has 0 bridgehead atoms. The molecule has 3 rings (SSSR count). The Balaban J connectivity index is 1.88. The Labute approximate surface area is 144 Å². The van der Waals surface area contributed by atoms with Crippen molar-refractivity contribution in [2.75, 3.05) is 13.1 Å². The van der Waals surface area contributed by atoms with Crippen molar-refractivity contribution in [3.8, 4) is 5.69 Å². The van der Waals surface area contributed by atoms with Crippen LogP contribution in [0.1, 0.15) is 30.0 Å². The normalized spacial score (nSPS) is 21.5. The van der Waals surface area contributed by atoms with E-state index in [2.05, 4.69) is 45.4 Å². The number of carbonyl (C=O) groups excluding carboxylic acids is 1.